The van der Waals surface area contributed by atoms with Crippen LogP contribution in [0, 0.1) is 11.8 Å². The fourth-order valence-electron chi connectivity index (χ4n) is 5.23. The second-order valence-electron chi connectivity index (χ2n) is 9.19. The first-order chi connectivity index (χ1) is 15.5. The minimum Gasteiger partial charge on any atom is -0.450 e. The second-order valence-corrected chi connectivity index (χ2v) is 9.19. The Morgan fingerprint density at radius 1 is 0.906 bits per heavy atom. The summed E-state index contributed by atoms with van der Waals surface area (Å²) in [6.45, 7) is 6.67. The van der Waals surface area contributed by atoms with E-state index in [-0.39, 0.29) is 23.3 Å². The van der Waals surface area contributed by atoms with Crippen molar-refractivity contribution in [2.75, 3.05) is 62.6 Å². The largest absolute Gasteiger partial charge is 0.450 e. The zero-order chi connectivity index (χ0) is 22.7. The van der Waals surface area contributed by atoms with E-state index in [1.165, 1.54) is 0 Å². The molecule has 1 saturated carbocycles. The molecule has 3 aliphatic rings. The molecule has 4 rings (SSSR count). The van der Waals surface area contributed by atoms with Crippen LogP contribution < -0.4 is 21.1 Å². The number of nitrogens with zero attached hydrogens (tertiary/aromatic N) is 3. The van der Waals surface area contributed by atoms with Crippen molar-refractivity contribution in [3.63, 3.8) is 0 Å². The van der Waals surface area contributed by atoms with Crippen molar-refractivity contribution in [3.05, 3.63) is 20.4 Å². The number of amides is 2. The summed E-state index contributed by atoms with van der Waals surface area (Å²) in [5, 5.41) is 3.25. The van der Waals surface area contributed by atoms with E-state index in [9.17, 15) is 19.2 Å². The lowest BCUT2D eigenvalue weighted by Gasteiger charge is -2.37. The standard InChI is InChI=1S/C23H34N4O5/c1-2-32-23(31)27-13-11-26(12-14-27)22(30)17-7-5-16(6-8-17)15-24-18-19(21(29)20(18)28)25-9-3-4-10-25/h16-17,24H,2-15H2,1H3. The van der Waals surface area contributed by atoms with Gasteiger partial charge in [-0.1, -0.05) is 0 Å². The smallest absolute Gasteiger partial charge is 0.409 e. The molecule has 3 fully saturated rings. The van der Waals surface area contributed by atoms with Crippen LogP contribution >= 0.6 is 0 Å². The van der Waals surface area contributed by atoms with Gasteiger partial charge >= 0.3 is 6.09 Å². The van der Waals surface area contributed by atoms with Crippen LogP contribution in [0.3, 0.4) is 0 Å². The van der Waals surface area contributed by atoms with Gasteiger partial charge in [0.25, 0.3) is 10.9 Å². The topological polar surface area (TPSA) is 99.3 Å². The molecule has 32 heavy (non-hydrogen) atoms. The molecular formula is C23H34N4O5. The molecular weight excluding hydrogens is 412 g/mol. The van der Waals surface area contributed by atoms with E-state index in [0.29, 0.717) is 56.6 Å². The predicted octanol–water partition coefficient (Wildman–Crippen LogP) is 1.40. The highest BCUT2D eigenvalue weighted by Crippen LogP contribution is 2.31. The summed E-state index contributed by atoms with van der Waals surface area (Å²) in [7, 11) is 0. The molecule has 1 N–H and O–H groups in total. The van der Waals surface area contributed by atoms with E-state index in [0.717, 1.165) is 51.6 Å². The van der Waals surface area contributed by atoms with Crippen LogP contribution in [0.1, 0.15) is 45.4 Å². The average molecular weight is 447 g/mol. The predicted molar refractivity (Wildman–Crippen MR) is 122 cm³/mol. The monoisotopic (exact) mass is 446 g/mol. The molecule has 0 unspecified atom stereocenters. The van der Waals surface area contributed by atoms with E-state index in [1.54, 1.807) is 11.8 Å². The quantitative estimate of drug-likeness (QED) is 0.660. The third-order valence-corrected chi connectivity index (χ3v) is 7.19. The molecule has 1 aromatic carbocycles. The second kappa shape index (κ2) is 9.92. The number of ether oxygens (including phenoxy) is 1. The summed E-state index contributed by atoms with van der Waals surface area (Å²) < 4.78 is 5.04. The molecule has 9 nitrogen and oxygen atoms in total. The Morgan fingerprint density at radius 3 is 2.16 bits per heavy atom. The molecule has 0 bridgehead atoms. The Labute approximate surface area is 188 Å². The fraction of sp³-hybridized carbons (Fsp3) is 0.739. The van der Waals surface area contributed by atoms with Crippen molar-refractivity contribution in [1.29, 1.82) is 0 Å². The highest BCUT2D eigenvalue weighted by atomic mass is 16.6. The van der Waals surface area contributed by atoms with Crippen molar-refractivity contribution in [3.8, 4) is 0 Å². The van der Waals surface area contributed by atoms with Gasteiger partial charge in [-0.3, -0.25) is 14.4 Å². The minimum absolute atomic E-state index is 0.0340. The molecule has 1 aromatic rings. The Bertz CT molecular complexity index is 887. The number of nitrogens with one attached hydrogen (secondary N) is 1. The SMILES string of the molecule is CCOC(=O)N1CCN(C(=O)C2CCC(CNc3c(N4CCCC4)c(=O)c3=O)CC2)CC1. The summed E-state index contributed by atoms with van der Waals surface area (Å²) in [5.74, 6) is 0.626. The summed E-state index contributed by atoms with van der Waals surface area (Å²) in [4.78, 5) is 54.4. The number of hydrogen-bond acceptors (Lipinski definition) is 7. The number of carbonyl (C=O) groups excluding carboxylic acids is 2. The van der Waals surface area contributed by atoms with Gasteiger partial charge in [-0.15, -0.1) is 0 Å². The lowest BCUT2D eigenvalue weighted by atomic mass is 9.81. The van der Waals surface area contributed by atoms with Crippen LogP contribution in [0.5, 0.6) is 0 Å². The summed E-state index contributed by atoms with van der Waals surface area (Å²) >= 11 is 0. The van der Waals surface area contributed by atoms with Gasteiger partial charge in [0, 0.05) is 51.7 Å². The first kappa shape index (κ1) is 22.6. The molecule has 2 aliphatic heterocycles. The molecule has 1 aliphatic carbocycles. The zero-order valence-electron chi connectivity index (χ0n) is 18.9. The molecule has 2 heterocycles. The summed E-state index contributed by atoms with van der Waals surface area (Å²) in [5.41, 5.74) is 0.331. The van der Waals surface area contributed by atoms with Crippen molar-refractivity contribution in [2.45, 2.75) is 45.4 Å². The number of hydrogen-bond donors (Lipinski definition) is 1. The molecule has 0 radical (unpaired) electrons. The molecule has 2 amide bonds. The lowest BCUT2D eigenvalue weighted by molar-refractivity contribution is -0.138. The van der Waals surface area contributed by atoms with Crippen molar-refractivity contribution in [2.24, 2.45) is 11.8 Å². The van der Waals surface area contributed by atoms with E-state index in [4.69, 9.17) is 4.74 Å². The maximum atomic E-state index is 12.9. The number of carbonyl (C=O) groups is 2. The van der Waals surface area contributed by atoms with Crippen molar-refractivity contribution < 1.29 is 14.3 Å². The van der Waals surface area contributed by atoms with Gasteiger partial charge in [-0.25, -0.2) is 4.79 Å². The Balaban J connectivity index is 1.21. The number of rotatable bonds is 6. The van der Waals surface area contributed by atoms with Crippen molar-refractivity contribution in [1.82, 2.24) is 9.80 Å². The molecule has 0 aromatic heterocycles. The molecule has 176 valence electrons. The Kier molecular flexibility index (Phi) is 7.01. The van der Waals surface area contributed by atoms with E-state index >= 15 is 0 Å². The average Bonchev–Trinajstić information content (AvgIpc) is 3.35. The highest BCUT2D eigenvalue weighted by molar-refractivity contribution is 5.79. The van der Waals surface area contributed by atoms with Crippen LogP contribution in [-0.2, 0) is 9.53 Å². The third kappa shape index (κ3) is 4.61. The van der Waals surface area contributed by atoms with E-state index in [1.807, 2.05) is 9.80 Å². The van der Waals surface area contributed by atoms with Crippen molar-refractivity contribution >= 4 is 23.4 Å². The maximum absolute atomic E-state index is 12.9. The number of piperazine rings is 1. The van der Waals surface area contributed by atoms with Gasteiger partial charge in [0.2, 0.25) is 5.91 Å². The summed E-state index contributed by atoms with van der Waals surface area (Å²) in [6.07, 6.45) is 5.37. The van der Waals surface area contributed by atoms with Gasteiger partial charge < -0.3 is 24.8 Å². The first-order valence-electron chi connectivity index (χ1n) is 12.0. The Hall–Kier alpha value is -2.58. The normalized spacial score (nSPS) is 24.1. The van der Waals surface area contributed by atoms with Crippen LogP contribution in [0.4, 0.5) is 16.2 Å². The fourth-order valence-corrected chi connectivity index (χ4v) is 5.23. The molecule has 0 atom stereocenters. The molecule has 0 spiro atoms. The van der Waals surface area contributed by atoms with Gasteiger partial charge in [0.05, 0.1) is 6.61 Å². The molecule has 9 heteroatoms. The zero-order valence-corrected chi connectivity index (χ0v) is 18.9. The maximum Gasteiger partial charge on any atom is 0.409 e. The summed E-state index contributed by atoms with van der Waals surface area (Å²) in [6, 6.07) is 0. The number of anilines is 2. The Morgan fingerprint density at radius 2 is 1.53 bits per heavy atom. The van der Waals surface area contributed by atoms with Crippen LogP contribution in [0.15, 0.2) is 9.59 Å². The van der Waals surface area contributed by atoms with Crippen LogP contribution in [0.25, 0.3) is 0 Å². The van der Waals surface area contributed by atoms with Gasteiger partial charge in [-0.2, -0.15) is 0 Å². The highest BCUT2D eigenvalue weighted by Gasteiger charge is 2.33. The third-order valence-electron chi connectivity index (χ3n) is 7.19. The van der Waals surface area contributed by atoms with Crippen LogP contribution in [-0.4, -0.2) is 74.2 Å². The van der Waals surface area contributed by atoms with Gasteiger partial charge in [-0.05, 0) is 51.4 Å². The van der Waals surface area contributed by atoms with Gasteiger partial charge in [0.1, 0.15) is 11.4 Å². The van der Waals surface area contributed by atoms with E-state index in [2.05, 4.69) is 5.32 Å². The van der Waals surface area contributed by atoms with E-state index < -0.39 is 5.43 Å². The lowest BCUT2D eigenvalue weighted by Crippen LogP contribution is -2.52. The minimum atomic E-state index is -0.391. The van der Waals surface area contributed by atoms with Crippen LogP contribution in [0.2, 0.25) is 0 Å². The molecule has 2 saturated heterocycles. The van der Waals surface area contributed by atoms with Gasteiger partial charge in [0.15, 0.2) is 0 Å². The first-order valence-corrected chi connectivity index (χ1v) is 12.0.